The average Bonchev–Trinajstić information content (AvgIpc) is 3.54. The Balaban J connectivity index is 1.26. The Morgan fingerprint density at radius 3 is 2.47 bits per heavy atom. The van der Waals surface area contributed by atoms with Crippen LogP contribution in [0.25, 0.3) is 11.4 Å². The Morgan fingerprint density at radius 2 is 1.76 bits per heavy atom. The maximum Gasteiger partial charge on any atom is 0.233 e. The molecule has 1 aliphatic heterocycles. The molecule has 0 spiro atoms. The highest BCUT2D eigenvalue weighted by atomic mass is 35.5. The lowest BCUT2D eigenvalue weighted by Crippen LogP contribution is -2.49. The molecule has 34 heavy (non-hydrogen) atoms. The number of furan rings is 1. The van der Waals surface area contributed by atoms with Crippen LogP contribution in [0, 0.1) is 0 Å². The summed E-state index contributed by atoms with van der Waals surface area (Å²) in [7, 11) is 0. The molecule has 0 N–H and O–H groups in total. The number of piperazine rings is 1. The molecule has 1 aromatic carbocycles. The van der Waals surface area contributed by atoms with Gasteiger partial charge in [0.25, 0.3) is 0 Å². The second kappa shape index (κ2) is 10.3. The Kier molecular flexibility index (Phi) is 6.77. The second-order valence-electron chi connectivity index (χ2n) is 7.68. The van der Waals surface area contributed by atoms with E-state index in [0.29, 0.717) is 54.7 Å². The van der Waals surface area contributed by atoms with Crippen molar-refractivity contribution in [3.8, 4) is 11.4 Å². The third-order valence-electron chi connectivity index (χ3n) is 5.51. The van der Waals surface area contributed by atoms with Crippen molar-refractivity contribution in [2.24, 2.45) is 0 Å². The van der Waals surface area contributed by atoms with Gasteiger partial charge >= 0.3 is 0 Å². The van der Waals surface area contributed by atoms with Gasteiger partial charge in [-0.05, 0) is 42.5 Å². The van der Waals surface area contributed by atoms with Crippen LogP contribution in [0.5, 0.6) is 0 Å². The van der Waals surface area contributed by atoms with E-state index in [2.05, 4.69) is 25.1 Å². The first-order valence-corrected chi connectivity index (χ1v) is 12.2. The zero-order valence-corrected chi connectivity index (χ0v) is 19.8. The molecule has 1 aliphatic rings. The second-order valence-corrected chi connectivity index (χ2v) is 9.06. The van der Waals surface area contributed by atoms with Gasteiger partial charge in [-0.2, -0.15) is 0 Å². The minimum Gasteiger partial charge on any atom is -0.467 e. The van der Waals surface area contributed by atoms with E-state index in [-0.39, 0.29) is 11.7 Å². The number of hydrogen-bond donors (Lipinski definition) is 0. The van der Waals surface area contributed by atoms with Gasteiger partial charge in [0.1, 0.15) is 5.76 Å². The van der Waals surface area contributed by atoms with Gasteiger partial charge < -0.3 is 14.2 Å². The lowest BCUT2D eigenvalue weighted by atomic mass is 10.2. The minimum atomic E-state index is 0.0687. The van der Waals surface area contributed by atoms with Gasteiger partial charge in [0, 0.05) is 49.2 Å². The minimum absolute atomic E-state index is 0.0687. The maximum absolute atomic E-state index is 12.9. The summed E-state index contributed by atoms with van der Waals surface area (Å²) in [6, 6.07) is 13.0. The van der Waals surface area contributed by atoms with Crippen LogP contribution in [0.3, 0.4) is 0 Å². The van der Waals surface area contributed by atoms with Crippen molar-refractivity contribution in [1.82, 2.24) is 29.6 Å². The summed E-state index contributed by atoms with van der Waals surface area (Å²) in [5.41, 5.74) is 0.890. The van der Waals surface area contributed by atoms with E-state index < -0.39 is 0 Å². The van der Waals surface area contributed by atoms with E-state index >= 15 is 0 Å². The van der Waals surface area contributed by atoms with Crippen LogP contribution in [0.4, 0.5) is 5.95 Å². The fourth-order valence-electron chi connectivity index (χ4n) is 3.74. The first-order chi connectivity index (χ1) is 16.7. The van der Waals surface area contributed by atoms with Crippen LogP contribution in [0.2, 0.25) is 5.02 Å². The summed E-state index contributed by atoms with van der Waals surface area (Å²) in [6.07, 6.45) is 5.10. The molecule has 0 radical (unpaired) electrons. The fourth-order valence-corrected chi connectivity index (χ4v) is 4.70. The molecule has 0 atom stereocenters. The topological polar surface area (TPSA) is 93.2 Å². The van der Waals surface area contributed by atoms with Gasteiger partial charge in [0.05, 0.1) is 18.6 Å². The van der Waals surface area contributed by atoms with Crippen LogP contribution in [-0.4, -0.2) is 67.5 Å². The molecule has 5 rings (SSSR count). The number of aromatic nitrogens is 5. The molecule has 1 saturated heterocycles. The van der Waals surface area contributed by atoms with Crippen LogP contribution in [0.15, 0.2) is 70.7 Å². The Morgan fingerprint density at radius 1 is 1.00 bits per heavy atom. The molecule has 174 valence electrons. The van der Waals surface area contributed by atoms with Crippen LogP contribution in [0.1, 0.15) is 5.76 Å². The highest BCUT2D eigenvalue weighted by Gasteiger charge is 2.24. The zero-order chi connectivity index (χ0) is 23.3. The lowest BCUT2D eigenvalue weighted by molar-refractivity contribution is -0.128. The van der Waals surface area contributed by atoms with E-state index in [1.165, 1.54) is 11.8 Å². The van der Waals surface area contributed by atoms with Gasteiger partial charge in [-0.15, -0.1) is 10.2 Å². The number of amides is 1. The number of carbonyl (C=O) groups excluding carboxylic acids is 1. The largest absolute Gasteiger partial charge is 0.467 e. The molecule has 0 aliphatic carbocycles. The molecule has 4 heterocycles. The summed E-state index contributed by atoms with van der Waals surface area (Å²) in [6.45, 7) is 3.13. The lowest BCUT2D eigenvalue weighted by Gasteiger charge is -2.34. The first kappa shape index (κ1) is 22.4. The van der Waals surface area contributed by atoms with E-state index in [9.17, 15) is 4.79 Å². The molecular formula is C23H22ClN7O2S. The van der Waals surface area contributed by atoms with E-state index in [1.54, 1.807) is 24.7 Å². The van der Waals surface area contributed by atoms with Crippen molar-refractivity contribution < 1.29 is 9.21 Å². The third-order valence-corrected chi connectivity index (χ3v) is 6.71. The summed E-state index contributed by atoms with van der Waals surface area (Å²) >= 11 is 7.43. The van der Waals surface area contributed by atoms with Crippen molar-refractivity contribution in [3.63, 3.8) is 0 Å². The molecule has 3 aromatic heterocycles. The standard InChI is InChI=1S/C23H22ClN7O2S/c24-18-6-4-17(5-7-18)21-27-28-23(31(21)15-19-3-1-14-33-19)34-16-20(32)29-10-12-30(13-11-29)22-25-8-2-9-26-22/h1-9,14H,10-13,15-16H2. The Labute approximate surface area is 205 Å². The highest BCUT2D eigenvalue weighted by molar-refractivity contribution is 7.99. The number of thioether (sulfide) groups is 1. The van der Waals surface area contributed by atoms with Crippen LogP contribution < -0.4 is 4.90 Å². The molecule has 1 fully saturated rings. The summed E-state index contributed by atoms with van der Waals surface area (Å²) < 4.78 is 7.51. The number of rotatable bonds is 7. The van der Waals surface area contributed by atoms with Gasteiger partial charge in [0.2, 0.25) is 11.9 Å². The molecule has 0 saturated carbocycles. The number of carbonyl (C=O) groups is 1. The first-order valence-electron chi connectivity index (χ1n) is 10.8. The zero-order valence-electron chi connectivity index (χ0n) is 18.2. The predicted molar refractivity (Wildman–Crippen MR) is 130 cm³/mol. The number of nitrogens with zero attached hydrogens (tertiary/aromatic N) is 7. The summed E-state index contributed by atoms with van der Waals surface area (Å²) in [5, 5.41) is 10.1. The fraction of sp³-hybridized carbons (Fsp3) is 0.261. The SMILES string of the molecule is O=C(CSc1nnc(-c2ccc(Cl)cc2)n1Cc1ccco1)N1CCN(c2ncccn2)CC1. The smallest absolute Gasteiger partial charge is 0.233 e. The van der Waals surface area contributed by atoms with Gasteiger partial charge in [-0.25, -0.2) is 9.97 Å². The van der Waals surface area contributed by atoms with Crippen molar-refractivity contribution >= 4 is 35.2 Å². The van der Waals surface area contributed by atoms with Gasteiger partial charge in [-0.3, -0.25) is 9.36 Å². The Bertz CT molecular complexity index is 1220. The Hall–Kier alpha value is -3.37. The predicted octanol–water partition coefficient (Wildman–Crippen LogP) is 3.47. The van der Waals surface area contributed by atoms with E-state index in [1.807, 2.05) is 45.9 Å². The highest BCUT2D eigenvalue weighted by Crippen LogP contribution is 2.27. The molecular weight excluding hydrogens is 474 g/mol. The summed E-state index contributed by atoms with van der Waals surface area (Å²) in [4.78, 5) is 25.5. The number of halogens is 1. The van der Waals surface area contributed by atoms with Crippen LogP contribution >= 0.6 is 23.4 Å². The monoisotopic (exact) mass is 495 g/mol. The van der Waals surface area contributed by atoms with Crippen molar-refractivity contribution in [3.05, 3.63) is 71.9 Å². The van der Waals surface area contributed by atoms with E-state index in [0.717, 1.165) is 11.3 Å². The van der Waals surface area contributed by atoms with Gasteiger partial charge in [-0.1, -0.05) is 23.4 Å². The van der Waals surface area contributed by atoms with Crippen LogP contribution in [-0.2, 0) is 11.3 Å². The molecule has 4 aromatic rings. The molecule has 0 bridgehead atoms. The molecule has 11 heteroatoms. The quantitative estimate of drug-likeness (QED) is 0.360. The normalized spacial score (nSPS) is 13.9. The maximum atomic E-state index is 12.9. The molecule has 9 nitrogen and oxygen atoms in total. The average molecular weight is 496 g/mol. The molecule has 1 amide bonds. The summed E-state index contributed by atoms with van der Waals surface area (Å²) in [5.74, 6) is 2.52. The van der Waals surface area contributed by atoms with Crippen molar-refractivity contribution in [2.75, 3.05) is 36.8 Å². The van der Waals surface area contributed by atoms with Crippen molar-refractivity contribution in [1.29, 1.82) is 0 Å². The number of anilines is 1. The number of benzene rings is 1. The van der Waals surface area contributed by atoms with E-state index in [4.69, 9.17) is 16.0 Å². The third kappa shape index (κ3) is 5.07. The van der Waals surface area contributed by atoms with Crippen molar-refractivity contribution in [2.45, 2.75) is 11.7 Å². The molecule has 0 unspecified atom stereocenters. The number of hydrogen-bond acceptors (Lipinski definition) is 8. The van der Waals surface area contributed by atoms with Gasteiger partial charge in [0.15, 0.2) is 11.0 Å².